The van der Waals surface area contributed by atoms with Gasteiger partial charge in [0.1, 0.15) is 0 Å². The molecule has 1 saturated carbocycles. The second-order valence-corrected chi connectivity index (χ2v) is 3.68. The molecule has 2 heteroatoms. The lowest BCUT2D eigenvalue weighted by Gasteiger charge is -2.27. The molecule has 1 saturated heterocycles. The van der Waals surface area contributed by atoms with Crippen LogP contribution in [-0.2, 0) is 4.74 Å². The fourth-order valence-electron chi connectivity index (χ4n) is 1.37. The molecule has 1 unspecified atom stereocenters. The number of hydrogen-bond acceptors (Lipinski definition) is 2. The molecule has 0 amide bonds. The van der Waals surface area contributed by atoms with Gasteiger partial charge >= 0.3 is 0 Å². The Kier molecular flexibility index (Phi) is 1.46. The third-order valence-electron chi connectivity index (χ3n) is 2.65. The molecule has 2 N–H and O–H groups in total. The monoisotopic (exact) mass is 141 g/mol. The topological polar surface area (TPSA) is 35.2 Å². The summed E-state index contributed by atoms with van der Waals surface area (Å²) in [7, 11) is 0. The van der Waals surface area contributed by atoms with Crippen LogP contribution in [0.15, 0.2) is 0 Å². The molecule has 10 heavy (non-hydrogen) atoms. The molecule has 2 rings (SSSR count). The van der Waals surface area contributed by atoms with E-state index >= 15 is 0 Å². The maximum atomic E-state index is 5.92. The summed E-state index contributed by atoms with van der Waals surface area (Å²) < 4.78 is 5.30. The van der Waals surface area contributed by atoms with E-state index in [2.05, 4.69) is 0 Å². The van der Waals surface area contributed by atoms with Crippen LogP contribution >= 0.6 is 0 Å². The zero-order valence-electron chi connectivity index (χ0n) is 6.31. The Morgan fingerprint density at radius 1 is 1.50 bits per heavy atom. The molecule has 0 aromatic rings. The van der Waals surface area contributed by atoms with E-state index in [9.17, 15) is 0 Å². The lowest BCUT2D eigenvalue weighted by Crippen LogP contribution is -2.30. The van der Waals surface area contributed by atoms with Gasteiger partial charge in [0.15, 0.2) is 0 Å². The molecular weight excluding hydrogens is 126 g/mol. The van der Waals surface area contributed by atoms with Crippen molar-refractivity contribution in [1.82, 2.24) is 0 Å². The molecule has 1 aliphatic carbocycles. The van der Waals surface area contributed by atoms with Crippen molar-refractivity contribution in [2.75, 3.05) is 6.61 Å². The van der Waals surface area contributed by atoms with E-state index < -0.39 is 0 Å². The third-order valence-corrected chi connectivity index (χ3v) is 2.65. The van der Waals surface area contributed by atoms with Gasteiger partial charge in [-0.05, 0) is 32.1 Å². The van der Waals surface area contributed by atoms with Crippen LogP contribution in [0.4, 0.5) is 0 Å². The summed E-state index contributed by atoms with van der Waals surface area (Å²) >= 11 is 0. The van der Waals surface area contributed by atoms with Gasteiger partial charge in [-0.25, -0.2) is 0 Å². The first kappa shape index (κ1) is 6.62. The number of nitrogens with two attached hydrogens (primary N) is 1. The molecule has 0 aromatic heterocycles. The highest BCUT2D eigenvalue weighted by Gasteiger charge is 2.38. The van der Waals surface area contributed by atoms with Crippen LogP contribution in [0.2, 0.25) is 0 Å². The number of rotatable bonds is 3. The smallest absolute Gasteiger partial charge is 0.0597 e. The molecule has 58 valence electrons. The van der Waals surface area contributed by atoms with Gasteiger partial charge in [0.2, 0.25) is 0 Å². The van der Waals surface area contributed by atoms with Crippen LogP contribution in [0.1, 0.15) is 32.1 Å². The lowest BCUT2D eigenvalue weighted by atomic mass is 10.0. The largest absolute Gasteiger partial charge is 0.378 e. The van der Waals surface area contributed by atoms with Gasteiger partial charge in [0.25, 0.3) is 0 Å². The molecule has 1 atom stereocenters. The first-order valence-electron chi connectivity index (χ1n) is 4.19. The summed E-state index contributed by atoms with van der Waals surface area (Å²) in [5.74, 6) is 0. The summed E-state index contributed by atoms with van der Waals surface area (Å²) in [5, 5.41) is 0. The van der Waals surface area contributed by atoms with Crippen LogP contribution in [0, 0.1) is 0 Å². The van der Waals surface area contributed by atoms with Crippen LogP contribution in [0.25, 0.3) is 0 Å². The van der Waals surface area contributed by atoms with Crippen molar-refractivity contribution in [3.05, 3.63) is 0 Å². The van der Waals surface area contributed by atoms with Gasteiger partial charge in [-0.2, -0.15) is 0 Å². The molecule has 1 heterocycles. The van der Waals surface area contributed by atoms with E-state index in [0.29, 0.717) is 6.10 Å². The van der Waals surface area contributed by atoms with E-state index in [1.165, 1.54) is 32.1 Å². The number of hydrogen-bond donors (Lipinski definition) is 1. The first-order chi connectivity index (χ1) is 4.79. The van der Waals surface area contributed by atoms with Crippen LogP contribution in [0.3, 0.4) is 0 Å². The fourth-order valence-corrected chi connectivity index (χ4v) is 1.37. The maximum Gasteiger partial charge on any atom is 0.0597 e. The molecule has 2 fully saturated rings. The van der Waals surface area contributed by atoms with Gasteiger partial charge in [-0.3, -0.25) is 0 Å². The van der Waals surface area contributed by atoms with Crippen molar-refractivity contribution < 1.29 is 4.74 Å². The zero-order chi connectivity index (χ0) is 7.03. The Morgan fingerprint density at radius 3 is 2.60 bits per heavy atom. The van der Waals surface area contributed by atoms with Crippen molar-refractivity contribution in [1.29, 1.82) is 0 Å². The second-order valence-electron chi connectivity index (χ2n) is 3.68. The minimum atomic E-state index is 0.235. The Bertz CT molecular complexity index is 127. The minimum Gasteiger partial charge on any atom is -0.378 e. The van der Waals surface area contributed by atoms with Crippen molar-refractivity contribution in [2.45, 2.75) is 43.7 Å². The quantitative estimate of drug-likeness (QED) is 0.637. The molecule has 0 bridgehead atoms. The second kappa shape index (κ2) is 2.21. The van der Waals surface area contributed by atoms with Crippen LogP contribution in [0.5, 0.6) is 0 Å². The third kappa shape index (κ3) is 1.32. The predicted molar refractivity (Wildman–Crippen MR) is 39.7 cm³/mol. The highest BCUT2D eigenvalue weighted by molar-refractivity contribution is 4.98. The van der Waals surface area contributed by atoms with Gasteiger partial charge in [0.05, 0.1) is 6.10 Å². The summed E-state index contributed by atoms with van der Waals surface area (Å²) in [5.41, 5.74) is 6.15. The van der Waals surface area contributed by atoms with Crippen molar-refractivity contribution in [3.8, 4) is 0 Å². The molecular formula is C8H15NO. The van der Waals surface area contributed by atoms with E-state index in [4.69, 9.17) is 10.5 Å². The average molecular weight is 141 g/mol. The predicted octanol–water partition coefficient (Wildman–Crippen LogP) is 1.05. The number of ether oxygens (including phenoxy) is 1. The normalized spacial score (nSPS) is 35.1. The van der Waals surface area contributed by atoms with Crippen LogP contribution < -0.4 is 5.73 Å². The zero-order valence-corrected chi connectivity index (χ0v) is 6.31. The fraction of sp³-hybridized carbons (Fsp3) is 1.00. The summed E-state index contributed by atoms with van der Waals surface area (Å²) in [4.78, 5) is 0. The van der Waals surface area contributed by atoms with Gasteiger partial charge in [-0.15, -0.1) is 0 Å². The minimum absolute atomic E-state index is 0.235. The summed E-state index contributed by atoms with van der Waals surface area (Å²) in [6.45, 7) is 0.974. The lowest BCUT2D eigenvalue weighted by molar-refractivity contribution is -0.0564. The van der Waals surface area contributed by atoms with Crippen molar-refractivity contribution >= 4 is 0 Å². The van der Waals surface area contributed by atoms with Crippen molar-refractivity contribution in [3.63, 3.8) is 0 Å². The van der Waals surface area contributed by atoms with Gasteiger partial charge in [0, 0.05) is 12.1 Å². The molecule has 0 aromatic carbocycles. The van der Waals surface area contributed by atoms with E-state index in [0.717, 1.165) is 6.61 Å². The Balaban J connectivity index is 1.63. The average Bonchev–Trinajstić information content (AvgIpc) is 2.44. The van der Waals surface area contributed by atoms with E-state index in [1.807, 2.05) is 0 Å². The Hall–Kier alpha value is -0.0800. The van der Waals surface area contributed by atoms with Gasteiger partial charge < -0.3 is 10.5 Å². The first-order valence-corrected chi connectivity index (χ1v) is 4.19. The molecule has 0 spiro atoms. The van der Waals surface area contributed by atoms with Crippen LogP contribution in [-0.4, -0.2) is 18.2 Å². The summed E-state index contributed by atoms with van der Waals surface area (Å²) in [6.07, 6.45) is 6.66. The Morgan fingerprint density at radius 2 is 2.20 bits per heavy atom. The highest BCUT2D eigenvalue weighted by atomic mass is 16.5. The van der Waals surface area contributed by atoms with Crippen molar-refractivity contribution in [2.24, 2.45) is 5.73 Å². The van der Waals surface area contributed by atoms with E-state index in [1.54, 1.807) is 0 Å². The summed E-state index contributed by atoms with van der Waals surface area (Å²) in [6, 6.07) is 0. The standard InChI is InChI=1S/C8H15NO/c9-8(4-5-8)3-1-7-2-6-10-7/h7H,1-6,9H2. The van der Waals surface area contributed by atoms with E-state index in [-0.39, 0.29) is 5.54 Å². The Labute approximate surface area is 61.7 Å². The maximum absolute atomic E-state index is 5.92. The molecule has 0 radical (unpaired) electrons. The molecule has 1 aliphatic heterocycles. The highest BCUT2D eigenvalue weighted by Crippen LogP contribution is 2.38. The molecule has 2 nitrogen and oxygen atoms in total. The SMILES string of the molecule is NC1(CCC2CCO2)CC1. The molecule has 2 aliphatic rings. The van der Waals surface area contributed by atoms with Gasteiger partial charge in [-0.1, -0.05) is 0 Å².